The van der Waals surface area contributed by atoms with Crippen molar-refractivity contribution in [2.75, 3.05) is 0 Å². The Bertz CT molecular complexity index is 665. The van der Waals surface area contributed by atoms with E-state index in [0.29, 0.717) is 5.41 Å². The van der Waals surface area contributed by atoms with E-state index in [2.05, 4.69) is 6.08 Å². The molecule has 0 amide bonds. The SMILES string of the molecule is O=S(=O)(c1ccc(C2=CCC3(CC3)C2)cc1)C(F)(F)F. The first-order valence-electron chi connectivity index (χ1n) is 6.34. The Morgan fingerprint density at radius 2 is 1.65 bits per heavy atom. The molecule has 1 aromatic carbocycles. The van der Waals surface area contributed by atoms with Crippen LogP contribution < -0.4 is 0 Å². The molecular weight excluding hydrogens is 289 g/mol. The van der Waals surface area contributed by atoms with Crippen LogP contribution in [0.3, 0.4) is 0 Å². The minimum Gasteiger partial charge on any atom is -0.214 e. The number of sulfone groups is 1. The average molecular weight is 302 g/mol. The van der Waals surface area contributed by atoms with E-state index in [9.17, 15) is 21.6 Å². The van der Waals surface area contributed by atoms with Crippen LogP contribution >= 0.6 is 0 Å². The average Bonchev–Trinajstić information content (AvgIpc) is 2.98. The van der Waals surface area contributed by atoms with Gasteiger partial charge in [-0.05, 0) is 54.4 Å². The summed E-state index contributed by atoms with van der Waals surface area (Å²) in [7, 11) is -5.25. The molecule has 0 aromatic heterocycles. The first-order valence-corrected chi connectivity index (χ1v) is 7.83. The Morgan fingerprint density at radius 3 is 2.10 bits per heavy atom. The van der Waals surface area contributed by atoms with Gasteiger partial charge in [0, 0.05) is 0 Å². The first kappa shape index (κ1) is 13.7. The fourth-order valence-electron chi connectivity index (χ4n) is 2.65. The van der Waals surface area contributed by atoms with Gasteiger partial charge in [0.05, 0.1) is 4.90 Å². The molecule has 20 heavy (non-hydrogen) atoms. The van der Waals surface area contributed by atoms with Crippen LogP contribution in [-0.2, 0) is 9.84 Å². The molecule has 1 spiro atoms. The molecular formula is C14H13F3O2S. The summed E-state index contributed by atoms with van der Waals surface area (Å²) in [4.78, 5) is -0.700. The maximum absolute atomic E-state index is 12.4. The Labute approximate surface area is 115 Å². The summed E-state index contributed by atoms with van der Waals surface area (Å²) in [6, 6.07) is 5.01. The van der Waals surface area contributed by atoms with Gasteiger partial charge in [0.1, 0.15) is 0 Å². The lowest BCUT2D eigenvalue weighted by Gasteiger charge is -2.10. The van der Waals surface area contributed by atoms with Crippen LogP contribution in [0.15, 0.2) is 35.2 Å². The molecule has 0 N–H and O–H groups in total. The van der Waals surface area contributed by atoms with E-state index < -0.39 is 20.2 Å². The highest BCUT2D eigenvalue weighted by atomic mass is 32.2. The number of hydrogen-bond acceptors (Lipinski definition) is 2. The van der Waals surface area contributed by atoms with Crippen LogP contribution in [0.25, 0.3) is 5.57 Å². The standard InChI is InChI=1S/C14H13F3O2S/c15-14(16,17)20(18,19)12-3-1-10(2-4-12)11-5-6-13(9-11)7-8-13/h1-5H,6-9H2. The molecule has 2 nitrogen and oxygen atoms in total. The zero-order chi connectivity index (χ0) is 14.6. The lowest BCUT2D eigenvalue weighted by molar-refractivity contribution is -0.0436. The normalized spacial score (nSPS) is 21.1. The van der Waals surface area contributed by atoms with Gasteiger partial charge < -0.3 is 0 Å². The van der Waals surface area contributed by atoms with Gasteiger partial charge in [-0.15, -0.1) is 0 Å². The molecule has 0 atom stereocenters. The van der Waals surface area contributed by atoms with Crippen molar-refractivity contribution in [1.29, 1.82) is 0 Å². The molecule has 2 aliphatic carbocycles. The maximum Gasteiger partial charge on any atom is 0.501 e. The van der Waals surface area contributed by atoms with Gasteiger partial charge in [0.2, 0.25) is 0 Å². The fourth-order valence-corrected chi connectivity index (χ4v) is 3.41. The van der Waals surface area contributed by atoms with E-state index in [0.717, 1.165) is 36.1 Å². The third kappa shape index (κ3) is 2.16. The van der Waals surface area contributed by atoms with E-state index in [1.807, 2.05) is 0 Å². The summed E-state index contributed by atoms with van der Waals surface area (Å²) < 4.78 is 59.8. The Hall–Kier alpha value is -1.30. The smallest absolute Gasteiger partial charge is 0.214 e. The summed E-state index contributed by atoms with van der Waals surface area (Å²) in [5, 5.41) is 0. The minimum absolute atomic E-state index is 0.395. The lowest BCUT2D eigenvalue weighted by atomic mass is 9.99. The second-order valence-corrected chi connectivity index (χ2v) is 7.53. The molecule has 1 saturated carbocycles. The minimum atomic E-state index is -5.25. The quantitative estimate of drug-likeness (QED) is 0.829. The molecule has 3 rings (SSSR count). The second-order valence-electron chi connectivity index (χ2n) is 5.58. The van der Waals surface area contributed by atoms with Gasteiger partial charge in [-0.1, -0.05) is 18.2 Å². The number of halogens is 3. The number of allylic oxidation sites excluding steroid dienone is 2. The van der Waals surface area contributed by atoms with Crippen LogP contribution in [-0.4, -0.2) is 13.9 Å². The van der Waals surface area contributed by atoms with Gasteiger partial charge in [0.15, 0.2) is 0 Å². The largest absolute Gasteiger partial charge is 0.501 e. The van der Waals surface area contributed by atoms with Crippen molar-refractivity contribution in [3.63, 3.8) is 0 Å². The summed E-state index contributed by atoms with van der Waals surface area (Å²) >= 11 is 0. The van der Waals surface area contributed by atoms with Crippen molar-refractivity contribution < 1.29 is 21.6 Å². The molecule has 1 aromatic rings. The molecule has 1 fully saturated rings. The molecule has 0 unspecified atom stereocenters. The molecule has 0 heterocycles. The summed E-state index contributed by atoms with van der Waals surface area (Å²) in [5.41, 5.74) is -2.93. The first-order chi connectivity index (χ1) is 9.24. The monoisotopic (exact) mass is 302 g/mol. The maximum atomic E-state index is 12.4. The van der Waals surface area contributed by atoms with Crippen LogP contribution in [0.5, 0.6) is 0 Å². The van der Waals surface area contributed by atoms with Crippen molar-refractivity contribution in [3.05, 3.63) is 35.9 Å². The van der Waals surface area contributed by atoms with E-state index in [1.54, 1.807) is 0 Å². The Balaban J connectivity index is 1.86. The third-order valence-electron chi connectivity index (χ3n) is 4.14. The summed E-state index contributed by atoms with van der Waals surface area (Å²) in [5.74, 6) is 0. The molecule has 0 radical (unpaired) electrons. The number of alkyl halides is 3. The number of benzene rings is 1. The van der Waals surface area contributed by atoms with Crippen molar-refractivity contribution in [1.82, 2.24) is 0 Å². The van der Waals surface area contributed by atoms with Crippen LogP contribution in [0.4, 0.5) is 13.2 Å². The van der Waals surface area contributed by atoms with E-state index in [-0.39, 0.29) is 0 Å². The van der Waals surface area contributed by atoms with Gasteiger partial charge in [-0.3, -0.25) is 0 Å². The lowest BCUT2D eigenvalue weighted by Crippen LogP contribution is -2.23. The van der Waals surface area contributed by atoms with E-state index >= 15 is 0 Å². The molecule has 6 heteroatoms. The molecule has 0 aliphatic heterocycles. The second kappa shape index (κ2) is 4.10. The topological polar surface area (TPSA) is 34.1 Å². The zero-order valence-corrected chi connectivity index (χ0v) is 11.4. The zero-order valence-electron chi connectivity index (χ0n) is 10.6. The van der Waals surface area contributed by atoms with Crippen LogP contribution in [0, 0.1) is 5.41 Å². The highest BCUT2D eigenvalue weighted by Gasteiger charge is 2.47. The highest BCUT2D eigenvalue weighted by Crippen LogP contribution is 2.58. The van der Waals surface area contributed by atoms with Crippen molar-refractivity contribution in [3.8, 4) is 0 Å². The molecule has 2 aliphatic rings. The van der Waals surface area contributed by atoms with Gasteiger partial charge in [-0.2, -0.15) is 13.2 Å². The number of hydrogen-bond donors (Lipinski definition) is 0. The summed E-state index contributed by atoms with van der Waals surface area (Å²) in [6.45, 7) is 0. The van der Waals surface area contributed by atoms with Crippen LogP contribution in [0.1, 0.15) is 31.2 Å². The van der Waals surface area contributed by atoms with E-state index in [4.69, 9.17) is 0 Å². The third-order valence-corrected chi connectivity index (χ3v) is 5.65. The van der Waals surface area contributed by atoms with Crippen molar-refractivity contribution in [2.45, 2.75) is 36.1 Å². The fraction of sp³-hybridized carbons (Fsp3) is 0.429. The van der Waals surface area contributed by atoms with Gasteiger partial charge in [0.25, 0.3) is 9.84 Å². The van der Waals surface area contributed by atoms with Gasteiger partial charge in [-0.25, -0.2) is 8.42 Å². The predicted molar refractivity (Wildman–Crippen MR) is 68.6 cm³/mol. The Kier molecular flexibility index (Phi) is 2.80. The van der Waals surface area contributed by atoms with Gasteiger partial charge >= 0.3 is 5.51 Å². The summed E-state index contributed by atoms with van der Waals surface area (Å²) in [6.07, 6.45) is 6.48. The van der Waals surface area contributed by atoms with E-state index in [1.165, 1.54) is 25.0 Å². The molecule has 0 saturated heterocycles. The van der Waals surface area contributed by atoms with Crippen molar-refractivity contribution >= 4 is 15.4 Å². The molecule has 108 valence electrons. The predicted octanol–water partition coefficient (Wildman–Crippen LogP) is 3.94. The highest BCUT2D eigenvalue weighted by molar-refractivity contribution is 7.92. The molecule has 0 bridgehead atoms. The number of rotatable bonds is 2. The van der Waals surface area contributed by atoms with Crippen LogP contribution in [0.2, 0.25) is 0 Å². The van der Waals surface area contributed by atoms with Crippen molar-refractivity contribution in [2.24, 2.45) is 5.41 Å². The Morgan fingerprint density at radius 1 is 1.05 bits per heavy atom.